The third-order valence-electron chi connectivity index (χ3n) is 2.96. The van der Waals surface area contributed by atoms with Crippen molar-refractivity contribution < 1.29 is 4.39 Å². The maximum absolute atomic E-state index is 13.1. The predicted molar refractivity (Wildman–Crippen MR) is 87.1 cm³/mol. The van der Waals surface area contributed by atoms with Crippen LogP contribution in [0.3, 0.4) is 0 Å². The Labute approximate surface area is 131 Å². The number of nitrogens with zero attached hydrogens (tertiary/aromatic N) is 2. The molecule has 0 aliphatic rings. The smallest absolute Gasteiger partial charge is 0.185 e. The van der Waals surface area contributed by atoms with Crippen molar-refractivity contribution in [3.05, 3.63) is 39.6 Å². The number of hydrogen-bond donors (Lipinski definition) is 1. The van der Waals surface area contributed by atoms with E-state index in [0.717, 1.165) is 28.8 Å². The van der Waals surface area contributed by atoms with E-state index in [1.807, 2.05) is 6.20 Å². The molecule has 0 bridgehead atoms. The first-order chi connectivity index (χ1) is 9.63. The van der Waals surface area contributed by atoms with Crippen molar-refractivity contribution in [2.24, 2.45) is 0 Å². The molecule has 0 amide bonds. The van der Waals surface area contributed by atoms with E-state index in [0.29, 0.717) is 11.0 Å². The molecule has 0 fully saturated rings. The van der Waals surface area contributed by atoms with Gasteiger partial charge in [0.25, 0.3) is 0 Å². The highest BCUT2D eigenvalue weighted by Gasteiger charge is 2.07. The number of benzene rings is 1. The second-order valence-corrected chi connectivity index (χ2v) is 6.21. The summed E-state index contributed by atoms with van der Waals surface area (Å²) >= 11 is 4.87. The van der Waals surface area contributed by atoms with Gasteiger partial charge in [-0.05, 0) is 48.0 Å². The van der Waals surface area contributed by atoms with E-state index in [1.54, 1.807) is 23.5 Å². The lowest BCUT2D eigenvalue weighted by Crippen LogP contribution is -2.21. The van der Waals surface area contributed by atoms with E-state index in [4.69, 9.17) is 0 Å². The maximum atomic E-state index is 13.1. The van der Waals surface area contributed by atoms with Gasteiger partial charge in [0.15, 0.2) is 5.13 Å². The fraction of sp³-hybridized carbons (Fsp3) is 0.357. The molecule has 1 aromatic heterocycles. The van der Waals surface area contributed by atoms with Gasteiger partial charge in [0, 0.05) is 29.9 Å². The molecule has 1 N–H and O–H groups in total. The van der Waals surface area contributed by atoms with Crippen LogP contribution in [0.2, 0.25) is 0 Å². The Morgan fingerprint density at radius 2 is 2.10 bits per heavy atom. The van der Waals surface area contributed by atoms with E-state index in [2.05, 4.69) is 45.0 Å². The van der Waals surface area contributed by atoms with Gasteiger partial charge in [-0.3, -0.25) is 0 Å². The van der Waals surface area contributed by atoms with Gasteiger partial charge in [-0.15, -0.1) is 11.3 Å². The van der Waals surface area contributed by atoms with Crippen LogP contribution in [0.1, 0.15) is 18.7 Å². The zero-order valence-corrected chi connectivity index (χ0v) is 13.9. The van der Waals surface area contributed by atoms with Crippen LogP contribution in [0, 0.1) is 5.82 Å². The van der Waals surface area contributed by atoms with Crippen molar-refractivity contribution in [2.45, 2.75) is 20.4 Å². The first kappa shape index (κ1) is 15.3. The van der Waals surface area contributed by atoms with Crippen LogP contribution in [0.5, 0.6) is 0 Å². The lowest BCUT2D eigenvalue weighted by Gasteiger charge is -2.16. The third kappa shape index (κ3) is 3.70. The lowest BCUT2D eigenvalue weighted by molar-refractivity contribution is 0.621. The molecular weight excluding hydrogens is 341 g/mol. The number of nitrogens with one attached hydrogen (secondary N) is 1. The van der Waals surface area contributed by atoms with Crippen molar-refractivity contribution in [3.63, 3.8) is 0 Å². The van der Waals surface area contributed by atoms with E-state index >= 15 is 0 Å². The maximum Gasteiger partial charge on any atom is 0.185 e. The molecule has 108 valence electrons. The molecule has 1 heterocycles. The summed E-state index contributed by atoms with van der Waals surface area (Å²) in [7, 11) is 0. The van der Waals surface area contributed by atoms with Crippen molar-refractivity contribution in [1.82, 2.24) is 4.98 Å². The minimum Gasteiger partial charge on any atom is -0.380 e. The molecule has 0 saturated heterocycles. The average Bonchev–Trinajstić information content (AvgIpc) is 2.90. The molecule has 0 spiro atoms. The van der Waals surface area contributed by atoms with Crippen molar-refractivity contribution in [1.29, 1.82) is 0 Å². The normalized spacial score (nSPS) is 10.6. The van der Waals surface area contributed by atoms with Gasteiger partial charge >= 0.3 is 0 Å². The minimum atomic E-state index is -0.253. The van der Waals surface area contributed by atoms with Gasteiger partial charge in [-0.25, -0.2) is 9.37 Å². The SMILES string of the molecule is CCN(CC)c1ncc(CNc2ccc(F)c(Br)c2)s1. The summed E-state index contributed by atoms with van der Waals surface area (Å²) in [5.41, 5.74) is 0.885. The number of rotatable bonds is 6. The summed E-state index contributed by atoms with van der Waals surface area (Å²) in [4.78, 5) is 7.82. The van der Waals surface area contributed by atoms with Crippen LogP contribution < -0.4 is 10.2 Å². The van der Waals surface area contributed by atoms with Gasteiger partial charge in [-0.1, -0.05) is 0 Å². The third-order valence-corrected chi connectivity index (χ3v) is 4.63. The Bertz CT molecular complexity index is 569. The Morgan fingerprint density at radius 1 is 1.35 bits per heavy atom. The molecule has 20 heavy (non-hydrogen) atoms. The van der Waals surface area contributed by atoms with E-state index in [-0.39, 0.29) is 5.82 Å². The van der Waals surface area contributed by atoms with Gasteiger partial charge in [0.1, 0.15) is 5.82 Å². The summed E-state index contributed by atoms with van der Waals surface area (Å²) in [6, 6.07) is 4.91. The van der Waals surface area contributed by atoms with Crippen molar-refractivity contribution in [2.75, 3.05) is 23.3 Å². The molecule has 6 heteroatoms. The van der Waals surface area contributed by atoms with Gasteiger partial charge in [-0.2, -0.15) is 0 Å². The Morgan fingerprint density at radius 3 is 2.75 bits per heavy atom. The van der Waals surface area contributed by atoms with Crippen LogP contribution in [-0.4, -0.2) is 18.1 Å². The molecular formula is C14H17BrFN3S. The molecule has 0 radical (unpaired) electrons. The largest absolute Gasteiger partial charge is 0.380 e. The molecule has 0 aliphatic heterocycles. The summed E-state index contributed by atoms with van der Waals surface area (Å²) in [6.07, 6.45) is 1.89. The van der Waals surface area contributed by atoms with E-state index in [9.17, 15) is 4.39 Å². The average molecular weight is 358 g/mol. The summed E-state index contributed by atoms with van der Waals surface area (Å²) in [5, 5.41) is 4.32. The second kappa shape index (κ2) is 7.04. The monoisotopic (exact) mass is 357 g/mol. The molecule has 0 unspecified atom stereocenters. The Kier molecular flexibility index (Phi) is 5.37. The van der Waals surface area contributed by atoms with Gasteiger partial charge in [0.05, 0.1) is 11.0 Å². The Hall–Kier alpha value is -1.14. The van der Waals surface area contributed by atoms with Gasteiger partial charge < -0.3 is 10.2 Å². The quantitative estimate of drug-likeness (QED) is 0.824. The van der Waals surface area contributed by atoms with E-state index < -0.39 is 0 Å². The standard InChI is InChI=1S/C14H17BrFN3S/c1-3-19(4-2)14-18-9-11(20-14)8-17-10-5-6-13(16)12(15)7-10/h5-7,9,17H,3-4,8H2,1-2H3. The molecule has 2 rings (SSSR count). The number of anilines is 2. The van der Waals surface area contributed by atoms with E-state index in [1.165, 1.54) is 6.07 Å². The van der Waals surface area contributed by atoms with Crippen LogP contribution in [-0.2, 0) is 6.54 Å². The number of hydrogen-bond acceptors (Lipinski definition) is 4. The highest BCUT2D eigenvalue weighted by atomic mass is 79.9. The van der Waals surface area contributed by atoms with Crippen LogP contribution in [0.25, 0.3) is 0 Å². The number of thiazole rings is 1. The van der Waals surface area contributed by atoms with Crippen LogP contribution >= 0.6 is 27.3 Å². The highest BCUT2D eigenvalue weighted by Crippen LogP contribution is 2.24. The number of halogens is 2. The fourth-order valence-corrected chi connectivity index (χ4v) is 3.17. The molecule has 0 saturated carbocycles. The topological polar surface area (TPSA) is 28.2 Å². The molecule has 3 nitrogen and oxygen atoms in total. The molecule has 2 aromatic rings. The molecule has 1 aromatic carbocycles. The lowest BCUT2D eigenvalue weighted by atomic mass is 10.3. The Balaban J connectivity index is 1.98. The molecule has 0 atom stereocenters. The van der Waals surface area contributed by atoms with Crippen molar-refractivity contribution in [3.8, 4) is 0 Å². The zero-order valence-electron chi connectivity index (χ0n) is 11.5. The zero-order chi connectivity index (χ0) is 14.5. The predicted octanol–water partition coefficient (Wildman–Crippen LogP) is 4.50. The number of aromatic nitrogens is 1. The van der Waals surface area contributed by atoms with Crippen molar-refractivity contribution >= 4 is 38.1 Å². The second-order valence-electron chi connectivity index (χ2n) is 4.26. The summed E-state index contributed by atoms with van der Waals surface area (Å²) < 4.78 is 13.6. The van der Waals surface area contributed by atoms with Gasteiger partial charge in [0.2, 0.25) is 0 Å². The highest BCUT2D eigenvalue weighted by molar-refractivity contribution is 9.10. The first-order valence-electron chi connectivity index (χ1n) is 6.52. The summed E-state index contributed by atoms with van der Waals surface area (Å²) in [5.74, 6) is -0.253. The fourth-order valence-electron chi connectivity index (χ4n) is 1.81. The molecule has 0 aliphatic carbocycles. The minimum absolute atomic E-state index is 0.253. The summed E-state index contributed by atoms with van der Waals surface area (Å²) in [6.45, 7) is 6.86. The first-order valence-corrected chi connectivity index (χ1v) is 8.13. The van der Waals surface area contributed by atoms with Crippen LogP contribution in [0.4, 0.5) is 15.2 Å². The van der Waals surface area contributed by atoms with Crippen LogP contribution in [0.15, 0.2) is 28.9 Å².